The van der Waals surface area contributed by atoms with Crippen molar-refractivity contribution < 1.29 is 5.11 Å². The molecule has 4 heteroatoms. The van der Waals surface area contributed by atoms with Crippen molar-refractivity contribution in [3.05, 3.63) is 76.0 Å². The Balaban J connectivity index is 2.15. The van der Waals surface area contributed by atoms with Gasteiger partial charge in [-0.2, -0.15) is 0 Å². The number of aliphatic hydroxyl groups is 1. The van der Waals surface area contributed by atoms with Crippen LogP contribution in [0.3, 0.4) is 0 Å². The molecule has 0 radical (unpaired) electrons. The van der Waals surface area contributed by atoms with Crippen LogP contribution in [0.5, 0.6) is 0 Å². The number of nitrogens with zero attached hydrogens (tertiary/aromatic N) is 1. The number of fused-ring (bicyclic) bond motifs is 1. The summed E-state index contributed by atoms with van der Waals surface area (Å²) in [5.74, 6) is 0. The molecule has 0 aliphatic rings. The zero-order valence-electron chi connectivity index (χ0n) is 10.4. The standard InChI is InChI=1S/C16H11Cl2NO/c17-12-6-11(7-13(18)8-12)16(20)15-3-1-2-10-9-19-5-4-14(10)15/h1-9,16,20H. The molecule has 2 nitrogen and oxygen atoms in total. The van der Waals surface area contributed by atoms with Crippen molar-refractivity contribution in [1.82, 2.24) is 4.98 Å². The lowest BCUT2D eigenvalue weighted by atomic mass is 9.97. The van der Waals surface area contributed by atoms with E-state index >= 15 is 0 Å². The van der Waals surface area contributed by atoms with Crippen LogP contribution in [0, 0.1) is 0 Å². The number of rotatable bonds is 2. The highest BCUT2D eigenvalue weighted by molar-refractivity contribution is 6.34. The van der Waals surface area contributed by atoms with E-state index in [1.807, 2.05) is 24.3 Å². The van der Waals surface area contributed by atoms with Crippen molar-refractivity contribution in [1.29, 1.82) is 0 Å². The Bertz CT molecular complexity index is 748. The molecule has 0 amide bonds. The summed E-state index contributed by atoms with van der Waals surface area (Å²) in [4.78, 5) is 4.09. The van der Waals surface area contributed by atoms with Crippen molar-refractivity contribution in [2.75, 3.05) is 0 Å². The third-order valence-electron chi connectivity index (χ3n) is 3.21. The lowest BCUT2D eigenvalue weighted by molar-refractivity contribution is 0.222. The highest BCUT2D eigenvalue weighted by Gasteiger charge is 2.14. The first-order valence-electron chi connectivity index (χ1n) is 6.12. The average Bonchev–Trinajstić information content (AvgIpc) is 2.45. The van der Waals surface area contributed by atoms with Crippen molar-refractivity contribution in [3.63, 3.8) is 0 Å². The van der Waals surface area contributed by atoms with Crippen molar-refractivity contribution in [2.45, 2.75) is 6.10 Å². The van der Waals surface area contributed by atoms with Crippen molar-refractivity contribution in [3.8, 4) is 0 Å². The first-order valence-corrected chi connectivity index (χ1v) is 6.87. The van der Waals surface area contributed by atoms with E-state index < -0.39 is 6.10 Å². The normalized spacial score (nSPS) is 12.6. The van der Waals surface area contributed by atoms with E-state index in [9.17, 15) is 5.11 Å². The summed E-state index contributed by atoms with van der Waals surface area (Å²) in [5.41, 5.74) is 1.48. The summed E-state index contributed by atoms with van der Waals surface area (Å²) in [5, 5.41) is 13.6. The van der Waals surface area contributed by atoms with Crippen LogP contribution < -0.4 is 0 Å². The fourth-order valence-corrected chi connectivity index (χ4v) is 2.84. The molecule has 0 spiro atoms. The Morgan fingerprint density at radius 2 is 1.75 bits per heavy atom. The summed E-state index contributed by atoms with van der Waals surface area (Å²) in [7, 11) is 0. The Hall–Kier alpha value is -1.61. The van der Waals surface area contributed by atoms with Crippen LogP contribution in [0.2, 0.25) is 10.0 Å². The molecule has 1 heterocycles. The molecular weight excluding hydrogens is 293 g/mol. The minimum Gasteiger partial charge on any atom is -0.384 e. The molecule has 1 atom stereocenters. The fraction of sp³-hybridized carbons (Fsp3) is 0.0625. The maximum atomic E-state index is 10.6. The van der Waals surface area contributed by atoms with E-state index in [4.69, 9.17) is 23.2 Å². The van der Waals surface area contributed by atoms with Gasteiger partial charge in [-0.3, -0.25) is 4.98 Å². The molecule has 0 saturated carbocycles. The van der Waals surface area contributed by atoms with Crippen LogP contribution in [0.4, 0.5) is 0 Å². The van der Waals surface area contributed by atoms with Gasteiger partial charge in [0.15, 0.2) is 0 Å². The lowest BCUT2D eigenvalue weighted by Crippen LogP contribution is -2.00. The minimum atomic E-state index is -0.780. The van der Waals surface area contributed by atoms with Gasteiger partial charge in [0.25, 0.3) is 0 Å². The van der Waals surface area contributed by atoms with Crippen LogP contribution >= 0.6 is 23.2 Å². The molecule has 0 aliphatic carbocycles. The largest absolute Gasteiger partial charge is 0.384 e. The highest BCUT2D eigenvalue weighted by atomic mass is 35.5. The van der Waals surface area contributed by atoms with Gasteiger partial charge in [-0.15, -0.1) is 0 Å². The minimum absolute atomic E-state index is 0.508. The molecule has 3 rings (SSSR count). The second kappa shape index (κ2) is 5.41. The number of aromatic nitrogens is 1. The summed E-state index contributed by atoms with van der Waals surface area (Å²) in [6.07, 6.45) is 2.71. The van der Waals surface area contributed by atoms with E-state index in [2.05, 4.69) is 4.98 Å². The smallest absolute Gasteiger partial charge is 0.105 e. The molecule has 0 bridgehead atoms. The molecule has 3 aromatic rings. The molecule has 0 fully saturated rings. The van der Waals surface area contributed by atoms with E-state index in [0.717, 1.165) is 16.3 Å². The second-order valence-electron chi connectivity index (χ2n) is 4.55. The van der Waals surface area contributed by atoms with Gasteiger partial charge in [0.1, 0.15) is 6.10 Å². The zero-order chi connectivity index (χ0) is 14.1. The van der Waals surface area contributed by atoms with Gasteiger partial charge in [0.2, 0.25) is 0 Å². The highest BCUT2D eigenvalue weighted by Crippen LogP contribution is 2.31. The maximum absolute atomic E-state index is 10.6. The Labute approximate surface area is 126 Å². The first kappa shape index (κ1) is 13.4. The SMILES string of the molecule is OC(c1cc(Cl)cc(Cl)c1)c1cccc2cnccc12. The van der Waals surface area contributed by atoms with E-state index in [1.54, 1.807) is 30.6 Å². The van der Waals surface area contributed by atoms with Gasteiger partial charge in [0, 0.05) is 27.8 Å². The monoisotopic (exact) mass is 303 g/mol. The average molecular weight is 304 g/mol. The van der Waals surface area contributed by atoms with Gasteiger partial charge in [0.05, 0.1) is 0 Å². The fourth-order valence-electron chi connectivity index (χ4n) is 2.30. The molecule has 100 valence electrons. The molecular formula is C16H11Cl2NO. The number of hydrogen-bond donors (Lipinski definition) is 1. The van der Waals surface area contributed by atoms with E-state index in [1.165, 1.54) is 0 Å². The van der Waals surface area contributed by atoms with Crippen molar-refractivity contribution >= 4 is 34.0 Å². The number of benzene rings is 2. The zero-order valence-corrected chi connectivity index (χ0v) is 11.9. The topological polar surface area (TPSA) is 33.1 Å². The predicted octanol–water partition coefficient (Wildman–Crippen LogP) is 4.62. The summed E-state index contributed by atoms with van der Waals surface area (Å²) in [6.45, 7) is 0. The van der Waals surface area contributed by atoms with E-state index in [0.29, 0.717) is 15.6 Å². The van der Waals surface area contributed by atoms with Crippen LogP contribution in [0.15, 0.2) is 54.9 Å². The summed E-state index contributed by atoms with van der Waals surface area (Å²) >= 11 is 12.0. The number of halogens is 2. The lowest BCUT2D eigenvalue weighted by Gasteiger charge is -2.14. The van der Waals surface area contributed by atoms with Gasteiger partial charge < -0.3 is 5.11 Å². The maximum Gasteiger partial charge on any atom is 0.105 e. The molecule has 1 N–H and O–H groups in total. The molecule has 2 aromatic carbocycles. The Kier molecular flexibility index (Phi) is 3.62. The summed E-state index contributed by atoms with van der Waals surface area (Å²) < 4.78 is 0. The predicted molar refractivity (Wildman–Crippen MR) is 82.3 cm³/mol. The van der Waals surface area contributed by atoms with E-state index in [-0.39, 0.29) is 0 Å². The van der Waals surface area contributed by atoms with Gasteiger partial charge in [-0.05, 0) is 40.8 Å². The number of pyridine rings is 1. The quantitative estimate of drug-likeness (QED) is 0.749. The molecule has 0 aliphatic heterocycles. The van der Waals surface area contributed by atoms with Gasteiger partial charge >= 0.3 is 0 Å². The van der Waals surface area contributed by atoms with Crippen molar-refractivity contribution in [2.24, 2.45) is 0 Å². The molecule has 1 unspecified atom stereocenters. The van der Waals surface area contributed by atoms with Crippen LogP contribution in [0.25, 0.3) is 10.8 Å². The number of hydrogen-bond acceptors (Lipinski definition) is 2. The third kappa shape index (κ3) is 2.50. The molecule has 1 aromatic heterocycles. The van der Waals surface area contributed by atoms with Gasteiger partial charge in [-0.1, -0.05) is 41.4 Å². The van der Waals surface area contributed by atoms with Crippen LogP contribution in [-0.4, -0.2) is 10.1 Å². The number of aliphatic hydroxyl groups excluding tert-OH is 1. The third-order valence-corrected chi connectivity index (χ3v) is 3.65. The Morgan fingerprint density at radius 3 is 2.50 bits per heavy atom. The van der Waals surface area contributed by atoms with Crippen LogP contribution in [-0.2, 0) is 0 Å². The molecule has 0 saturated heterocycles. The second-order valence-corrected chi connectivity index (χ2v) is 5.42. The van der Waals surface area contributed by atoms with Crippen LogP contribution in [0.1, 0.15) is 17.2 Å². The first-order chi connectivity index (χ1) is 9.65. The Morgan fingerprint density at radius 1 is 1.00 bits per heavy atom. The molecule has 20 heavy (non-hydrogen) atoms. The van der Waals surface area contributed by atoms with Gasteiger partial charge in [-0.25, -0.2) is 0 Å². The summed E-state index contributed by atoms with van der Waals surface area (Å²) in [6, 6.07) is 12.7.